The lowest BCUT2D eigenvalue weighted by Gasteiger charge is -2.33. The predicted octanol–water partition coefficient (Wildman–Crippen LogP) is 2.92. The van der Waals surface area contributed by atoms with Crippen molar-refractivity contribution in [1.29, 1.82) is 0 Å². The maximum absolute atomic E-state index is 6.20. The van der Waals surface area contributed by atoms with Crippen LogP contribution in [0.25, 0.3) is 11.0 Å². The number of fused-ring (bicyclic) bond motifs is 2. The van der Waals surface area contributed by atoms with Crippen molar-refractivity contribution in [3.05, 3.63) is 66.0 Å². The average Bonchev–Trinajstić information content (AvgIpc) is 3.40. The van der Waals surface area contributed by atoms with Crippen LogP contribution < -0.4 is 0 Å². The Morgan fingerprint density at radius 1 is 1.27 bits per heavy atom. The molecule has 0 saturated carbocycles. The van der Waals surface area contributed by atoms with Gasteiger partial charge in [-0.2, -0.15) is 5.10 Å². The van der Waals surface area contributed by atoms with Crippen molar-refractivity contribution in [3.63, 3.8) is 0 Å². The molecule has 0 saturated heterocycles. The third-order valence-corrected chi connectivity index (χ3v) is 5.08. The van der Waals surface area contributed by atoms with Crippen molar-refractivity contribution in [3.8, 4) is 0 Å². The Kier molecular flexibility index (Phi) is 3.60. The van der Waals surface area contributed by atoms with Gasteiger partial charge in [0.05, 0.1) is 18.6 Å². The standard InChI is InChI=1S/C19H20N6O/c1-2-25-17(21-12-23-25)10-24-8-7-14-18(22-11-20-14)19(24)16-9-13-5-3-4-6-15(13)26-16/h3-6,9,11-12,19H,2,7-8,10H2,1H3,(H,20,22)/t19-/m0/s1. The van der Waals surface area contributed by atoms with Crippen molar-refractivity contribution >= 4 is 11.0 Å². The summed E-state index contributed by atoms with van der Waals surface area (Å²) < 4.78 is 8.14. The number of benzene rings is 1. The van der Waals surface area contributed by atoms with E-state index in [0.29, 0.717) is 6.54 Å². The number of furan rings is 1. The zero-order chi connectivity index (χ0) is 17.5. The molecular weight excluding hydrogens is 328 g/mol. The smallest absolute Gasteiger partial charge is 0.141 e. The van der Waals surface area contributed by atoms with E-state index in [2.05, 4.69) is 44.0 Å². The number of aryl methyl sites for hydroxylation is 1. The molecule has 0 radical (unpaired) electrons. The number of nitrogens with zero attached hydrogens (tertiary/aromatic N) is 5. The second-order valence-electron chi connectivity index (χ2n) is 6.57. The Hall–Kier alpha value is -2.93. The average molecular weight is 348 g/mol. The van der Waals surface area contributed by atoms with Crippen LogP contribution in [-0.4, -0.2) is 36.2 Å². The van der Waals surface area contributed by atoms with Crippen LogP contribution >= 0.6 is 0 Å². The molecule has 0 fully saturated rings. The fraction of sp³-hybridized carbons (Fsp3) is 0.316. The topological polar surface area (TPSA) is 75.8 Å². The van der Waals surface area contributed by atoms with Gasteiger partial charge in [0.2, 0.25) is 0 Å². The second kappa shape index (κ2) is 6.10. The molecule has 4 aromatic rings. The number of imidazole rings is 1. The van der Waals surface area contributed by atoms with E-state index in [1.807, 2.05) is 22.9 Å². The Labute approximate surface area is 150 Å². The largest absolute Gasteiger partial charge is 0.459 e. The maximum atomic E-state index is 6.20. The summed E-state index contributed by atoms with van der Waals surface area (Å²) in [6.07, 6.45) is 4.34. The van der Waals surface area contributed by atoms with Gasteiger partial charge in [0.15, 0.2) is 0 Å². The highest BCUT2D eigenvalue weighted by Crippen LogP contribution is 2.36. The van der Waals surface area contributed by atoms with Crippen LogP contribution in [0.1, 0.15) is 35.9 Å². The van der Waals surface area contributed by atoms with Crippen LogP contribution in [0.5, 0.6) is 0 Å². The van der Waals surface area contributed by atoms with Crippen LogP contribution in [-0.2, 0) is 19.5 Å². The summed E-state index contributed by atoms with van der Waals surface area (Å²) in [6, 6.07) is 10.2. The highest BCUT2D eigenvalue weighted by molar-refractivity contribution is 5.78. The molecule has 0 unspecified atom stereocenters. The minimum absolute atomic E-state index is 0.0283. The maximum Gasteiger partial charge on any atom is 0.141 e. The van der Waals surface area contributed by atoms with Gasteiger partial charge in [0.1, 0.15) is 29.5 Å². The predicted molar refractivity (Wildman–Crippen MR) is 96.5 cm³/mol. The zero-order valence-electron chi connectivity index (χ0n) is 14.6. The third-order valence-electron chi connectivity index (χ3n) is 5.08. The third kappa shape index (κ3) is 2.43. The molecule has 4 heterocycles. The number of rotatable bonds is 4. The molecule has 26 heavy (non-hydrogen) atoms. The number of para-hydroxylation sites is 1. The zero-order valence-corrected chi connectivity index (χ0v) is 14.6. The van der Waals surface area contributed by atoms with E-state index < -0.39 is 0 Å². The van der Waals surface area contributed by atoms with Gasteiger partial charge < -0.3 is 9.40 Å². The summed E-state index contributed by atoms with van der Waals surface area (Å²) in [5.74, 6) is 1.88. The fourth-order valence-electron chi connectivity index (χ4n) is 3.80. The van der Waals surface area contributed by atoms with Gasteiger partial charge >= 0.3 is 0 Å². The first kappa shape index (κ1) is 15.3. The Morgan fingerprint density at radius 2 is 2.19 bits per heavy atom. The summed E-state index contributed by atoms with van der Waals surface area (Å²) in [7, 11) is 0. The minimum atomic E-state index is -0.0283. The fourth-order valence-corrected chi connectivity index (χ4v) is 3.80. The number of H-pyrrole nitrogens is 1. The minimum Gasteiger partial charge on any atom is -0.459 e. The van der Waals surface area contributed by atoms with E-state index in [1.165, 1.54) is 5.69 Å². The number of aromatic nitrogens is 5. The molecular formula is C19H20N6O. The lowest BCUT2D eigenvalue weighted by molar-refractivity contribution is 0.174. The van der Waals surface area contributed by atoms with Crippen molar-refractivity contribution in [2.75, 3.05) is 6.54 Å². The normalized spacial score (nSPS) is 17.7. The molecule has 1 aromatic carbocycles. The molecule has 0 bridgehead atoms. The highest BCUT2D eigenvalue weighted by Gasteiger charge is 2.34. The summed E-state index contributed by atoms with van der Waals surface area (Å²) in [5.41, 5.74) is 3.13. The molecule has 3 aromatic heterocycles. The molecule has 0 aliphatic carbocycles. The molecule has 1 aliphatic rings. The van der Waals surface area contributed by atoms with Crippen molar-refractivity contribution in [1.82, 2.24) is 29.6 Å². The van der Waals surface area contributed by atoms with Gasteiger partial charge in [-0.1, -0.05) is 18.2 Å². The highest BCUT2D eigenvalue weighted by atomic mass is 16.3. The van der Waals surface area contributed by atoms with Crippen molar-refractivity contribution in [2.24, 2.45) is 0 Å². The van der Waals surface area contributed by atoms with Gasteiger partial charge in [0.25, 0.3) is 0 Å². The van der Waals surface area contributed by atoms with E-state index in [0.717, 1.165) is 47.8 Å². The summed E-state index contributed by atoms with van der Waals surface area (Å²) in [5, 5.41) is 5.41. The van der Waals surface area contributed by atoms with Gasteiger partial charge in [-0.25, -0.2) is 14.6 Å². The van der Waals surface area contributed by atoms with E-state index >= 15 is 0 Å². The molecule has 0 amide bonds. The van der Waals surface area contributed by atoms with Crippen LogP contribution in [0.3, 0.4) is 0 Å². The monoisotopic (exact) mass is 348 g/mol. The summed E-state index contributed by atoms with van der Waals surface area (Å²) >= 11 is 0. The Bertz CT molecular complexity index is 1010. The number of hydrogen-bond acceptors (Lipinski definition) is 5. The van der Waals surface area contributed by atoms with Crippen LogP contribution in [0.2, 0.25) is 0 Å². The van der Waals surface area contributed by atoms with E-state index in [-0.39, 0.29) is 6.04 Å². The second-order valence-corrected chi connectivity index (χ2v) is 6.57. The van der Waals surface area contributed by atoms with Gasteiger partial charge in [0, 0.05) is 30.6 Å². The molecule has 132 valence electrons. The van der Waals surface area contributed by atoms with Gasteiger partial charge in [-0.3, -0.25) is 4.90 Å². The molecule has 1 atom stereocenters. The summed E-state index contributed by atoms with van der Waals surface area (Å²) in [6.45, 7) is 4.51. The van der Waals surface area contributed by atoms with Crippen molar-refractivity contribution in [2.45, 2.75) is 32.5 Å². The first-order valence-electron chi connectivity index (χ1n) is 8.95. The number of hydrogen-bond donors (Lipinski definition) is 1. The summed E-state index contributed by atoms with van der Waals surface area (Å²) in [4.78, 5) is 14.7. The van der Waals surface area contributed by atoms with Gasteiger partial charge in [-0.15, -0.1) is 0 Å². The molecule has 7 nitrogen and oxygen atoms in total. The van der Waals surface area contributed by atoms with E-state index in [9.17, 15) is 0 Å². The Balaban J connectivity index is 1.57. The first-order valence-corrected chi connectivity index (χ1v) is 8.95. The van der Waals surface area contributed by atoms with Crippen LogP contribution in [0, 0.1) is 0 Å². The number of aromatic amines is 1. The molecule has 1 N–H and O–H groups in total. The van der Waals surface area contributed by atoms with E-state index in [4.69, 9.17) is 4.42 Å². The van der Waals surface area contributed by atoms with E-state index in [1.54, 1.807) is 12.7 Å². The van der Waals surface area contributed by atoms with Crippen LogP contribution in [0.15, 0.2) is 47.4 Å². The molecule has 7 heteroatoms. The molecule has 1 aliphatic heterocycles. The molecule has 5 rings (SSSR count). The lowest BCUT2D eigenvalue weighted by Crippen LogP contribution is -2.36. The first-order chi connectivity index (χ1) is 12.8. The lowest BCUT2D eigenvalue weighted by atomic mass is 10.00. The molecule has 0 spiro atoms. The number of nitrogens with one attached hydrogen (secondary N) is 1. The Morgan fingerprint density at radius 3 is 3.08 bits per heavy atom. The van der Waals surface area contributed by atoms with Gasteiger partial charge in [-0.05, 0) is 19.1 Å². The quantitative estimate of drug-likeness (QED) is 0.614. The van der Waals surface area contributed by atoms with Crippen LogP contribution in [0.4, 0.5) is 0 Å². The van der Waals surface area contributed by atoms with Crippen molar-refractivity contribution < 1.29 is 4.42 Å². The SMILES string of the molecule is CCn1ncnc1CN1CCc2[nH]cnc2[C@@H]1c1cc2ccccc2o1.